The summed E-state index contributed by atoms with van der Waals surface area (Å²) in [6.45, 7) is 11.7. The molecule has 25 heavy (non-hydrogen) atoms. The maximum Gasteiger partial charge on any atom is 0.227 e. The maximum atomic E-state index is 12.7. The summed E-state index contributed by atoms with van der Waals surface area (Å²) in [5.74, 6) is 0.466. The number of piperidine rings is 1. The van der Waals surface area contributed by atoms with E-state index >= 15 is 0 Å². The van der Waals surface area contributed by atoms with E-state index in [-0.39, 0.29) is 23.7 Å². The summed E-state index contributed by atoms with van der Waals surface area (Å²) in [5, 5.41) is 3.12. The largest absolute Gasteiger partial charge is 0.342 e. The molecule has 0 aromatic heterocycles. The van der Waals surface area contributed by atoms with Crippen LogP contribution in [0, 0.1) is 32.6 Å². The highest BCUT2D eigenvalue weighted by Gasteiger charge is 2.29. The zero-order valence-electron chi connectivity index (χ0n) is 16.3. The fraction of sp³-hybridized carbons (Fsp3) is 0.619. The van der Waals surface area contributed by atoms with Crippen LogP contribution in [0.15, 0.2) is 12.1 Å². The molecule has 0 atom stereocenters. The van der Waals surface area contributed by atoms with Gasteiger partial charge in [0, 0.05) is 30.6 Å². The van der Waals surface area contributed by atoms with Crippen molar-refractivity contribution in [2.75, 3.05) is 18.4 Å². The average molecular weight is 344 g/mol. The summed E-state index contributed by atoms with van der Waals surface area (Å²) in [6, 6.07) is 4.19. The molecule has 1 aliphatic heterocycles. The first-order chi connectivity index (χ1) is 11.9. The van der Waals surface area contributed by atoms with E-state index in [4.69, 9.17) is 0 Å². The summed E-state index contributed by atoms with van der Waals surface area (Å²) in [4.78, 5) is 27.1. The number of amides is 2. The van der Waals surface area contributed by atoms with Crippen molar-refractivity contribution < 1.29 is 9.59 Å². The summed E-state index contributed by atoms with van der Waals surface area (Å²) in [7, 11) is 0. The summed E-state index contributed by atoms with van der Waals surface area (Å²) in [6.07, 6.45) is 3.28. The Hall–Kier alpha value is -1.84. The third-order valence-electron chi connectivity index (χ3n) is 5.44. The van der Waals surface area contributed by atoms with Gasteiger partial charge in [-0.05, 0) is 57.6 Å². The molecule has 4 nitrogen and oxygen atoms in total. The molecule has 1 aromatic carbocycles. The van der Waals surface area contributed by atoms with Gasteiger partial charge in [-0.15, -0.1) is 0 Å². The highest BCUT2D eigenvalue weighted by atomic mass is 16.2. The van der Waals surface area contributed by atoms with Gasteiger partial charge in [0.2, 0.25) is 11.8 Å². The number of hydrogen-bond donors (Lipinski definition) is 1. The smallest absolute Gasteiger partial charge is 0.227 e. The van der Waals surface area contributed by atoms with E-state index in [1.807, 2.05) is 18.7 Å². The molecule has 0 radical (unpaired) electrons. The van der Waals surface area contributed by atoms with Gasteiger partial charge in [0.1, 0.15) is 0 Å². The van der Waals surface area contributed by atoms with Crippen molar-refractivity contribution in [3.05, 3.63) is 28.8 Å². The lowest BCUT2D eigenvalue weighted by Gasteiger charge is -2.33. The van der Waals surface area contributed by atoms with Crippen LogP contribution in [0.5, 0.6) is 0 Å². The van der Waals surface area contributed by atoms with Gasteiger partial charge >= 0.3 is 0 Å². The molecular formula is C21H32N2O2. The van der Waals surface area contributed by atoms with Crippen LogP contribution in [0.2, 0.25) is 0 Å². The van der Waals surface area contributed by atoms with Crippen molar-refractivity contribution in [3.8, 4) is 0 Å². The van der Waals surface area contributed by atoms with Crippen molar-refractivity contribution in [2.24, 2.45) is 11.8 Å². The number of carbonyl (C=O) groups is 2. The Bertz CT molecular complexity index is 604. The van der Waals surface area contributed by atoms with Crippen LogP contribution >= 0.6 is 0 Å². The lowest BCUT2D eigenvalue weighted by atomic mass is 9.93. The highest BCUT2D eigenvalue weighted by molar-refractivity contribution is 5.94. The van der Waals surface area contributed by atoms with E-state index in [1.165, 1.54) is 5.56 Å². The molecule has 1 heterocycles. The summed E-state index contributed by atoms with van der Waals surface area (Å²) in [5.41, 5.74) is 4.35. The quantitative estimate of drug-likeness (QED) is 0.869. The van der Waals surface area contributed by atoms with E-state index < -0.39 is 0 Å². The topological polar surface area (TPSA) is 49.4 Å². The van der Waals surface area contributed by atoms with Crippen molar-refractivity contribution >= 4 is 17.5 Å². The van der Waals surface area contributed by atoms with Crippen molar-refractivity contribution in [2.45, 2.75) is 60.3 Å². The predicted octanol–water partition coefficient (Wildman–Crippen LogP) is 4.23. The van der Waals surface area contributed by atoms with Gasteiger partial charge in [0.15, 0.2) is 0 Å². The molecule has 2 rings (SSSR count). The van der Waals surface area contributed by atoms with Gasteiger partial charge in [-0.2, -0.15) is 0 Å². The van der Waals surface area contributed by atoms with Gasteiger partial charge in [0.25, 0.3) is 0 Å². The Labute approximate surface area is 152 Å². The highest BCUT2D eigenvalue weighted by Crippen LogP contribution is 2.26. The van der Waals surface area contributed by atoms with Crippen LogP contribution in [0.1, 0.15) is 56.2 Å². The second-order valence-electron chi connectivity index (χ2n) is 7.38. The van der Waals surface area contributed by atoms with E-state index in [0.717, 1.165) is 42.5 Å². The molecular weight excluding hydrogens is 312 g/mol. The van der Waals surface area contributed by atoms with Gasteiger partial charge in [-0.1, -0.05) is 31.5 Å². The first kappa shape index (κ1) is 19.5. The number of benzene rings is 1. The fourth-order valence-corrected chi connectivity index (χ4v) is 3.86. The minimum Gasteiger partial charge on any atom is -0.342 e. The molecule has 1 N–H and O–H groups in total. The van der Waals surface area contributed by atoms with Crippen LogP contribution in [0.4, 0.5) is 5.69 Å². The van der Waals surface area contributed by atoms with Crippen molar-refractivity contribution in [3.63, 3.8) is 0 Å². The number of carbonyl (C=O) groups excluding carboxylic acids is 2. The summed E-state index contributed by atoms with van der Waals surface area (Å²) < 4.78 is 0. The molecule has 0 unspecified atom stereocenters. The Morgan fingerprint density at radius 3 is 2.08 bits per heavy atom. The van der Waals surface area contributed by atoms with Gasteiger partial charge < -0.3 is 10.2 Å². The Morgan fingerprint density at radius 2 is 1.60 bits per heavy atom. The SMILES string of the molecule is CCC(CC)C(=O)N1CCC(C(=O)Nc2c(C)cc(C)cc2C)CC1. The second-order valence-corrected chi connectivity index (χ2v) is 7.38. The van der Waals surface area contributed by atoms with E-state index in [1.54, 1.807) is 0 Å². The zero-order chi connectivity index (χ0) is 18.6. The molecule has 1 fully saturated rings. The van der Waals surface area contributed by atoms with Gasteiger partial charge in [-0.25, -0.2) is 0 Å². The third-order valence-corrected chi connectivity index (χ3v) is 5.44. The van der Waals surface area contributed by atoms with Crippen LogP contribution < -0.4 is 5.32 Å². The first-order valence-corrected chi connectivity index (χ1v) is 9.54. The van der Waals surface area contributed by atoms with Crippen LogP contribution in [0.3, 0.4) is 0 Å². The normalized spacial score (nSPS) is 15.5. The molecule has 0 spiro atoms. The molecule has 0 bridgehead atoms. The minimum absolute atomic E-state index is 0.00847. The van der Waals surface area contributed by atoms with Crippen LogP contribution in [-0.2, 0) is 9.59 Å². The van der Waals surface area contributed by atoms with Gasteiger partial charge in [-0.3, -0.25) is 9.59 Å². The molecule has 4 heteroatoms. The fourth-order valence-electron chi connectivity index (χ4n) is 3.86. The number of anilines is 1. The number of likely N-dealkylation sites (tertiary alicyclic amines) is 1. The lowest BCUT2D eigenvalue weighted by molar-refractivity contribution is -0.138. The number of nitrogens with zero attached hydrogens (tertiary/aromatic N) is 1. The van der Waals surface area contributed by atoms with E-state index in [0.29, 0.717) is 13.1 Å². The molecule has 0 saturated carbocycles. The Balaban J connectivity index is 1.95. The Kier molecular flexibility index (Phi) is 6.63. The third kappa shape index (κ3) is 4.62. The van der Waals surface area contributed by atoms with Crippen molar-refractivity contribution in [1.29, 1.82) is 0 Å². The number of aryl methyl sites for hydroxylation is 3. The number of hydrogen-bond acceptors (Lipinski definition) is 2. The standard InChI is InChI=1S/C21H32N2O2/c1-6-17(7-2)21(25)23-10-8-18(9-11-23)20(24)22-19-15(4)12-14(3)13-16(19)5/h12-13,17-18H,6-11H2,1-5H3,(H,22,24). The minimum atomic E-state index is -0.00847. The van der Waals surface area contributed by atoms with Crippen LogP contribution in [0.25, 0.3) is 0 Å². The first-order valence-electron chi connectivity index (χ1n) is 9.54. The number of rotatable bonds is 5. The molecule has 1 aromatic rings. The van der Waals surface area contributed by atoms with E-state index in [2.05, 4.69) is 38.2 Å². The summed E-state index contributed by atoms with van der Waals surface area (Å²) >= 11 is 0. The second kappa shape index (κ2) is 8.50. The maximum absolute atomic E-state index is 12.7. The predicted molar refractivity (Wildman–Crippen MR) is 103 cm³/mol. The molecule has 138 valence electrons. The molecule has 1 aliphatic rings. The van der Waals surface area contributed by atoms with E-state index in [9.17, 15) is 9.59 Å². The lowest BCUT2D eigenvalue weighted by Crippen LogP contribution is -2.43. The molecule has 0 aliphatic carbocycles. The number of nitrogens with one attached hydrogen (secondary N) is 1. The molecule has 2 amide bonds. The Morgan fingerprint density at radius 1 is 1.08 bits per heavy atom. The molecule has 1 saturated heterocycles. The average Bonchev–Trinajstić information content (AvgIpc) is 2.59. The van der Waals surface area contributed by atoms with Crippen molar-refractivity contribution in [1.82, 2.24) is 4.90 Å². The monoisotopic (exact) mass is 344 g/mol. The van der Waals surface area contributed by atoms with Gasteiger partial charge in [0.05, 0.1) is 0 Å². The zero-order valence-corrected chi connectivity index (χ0v) is 16.3. The van der Waals surface area contributed by atoms with Crippen LogP contribution in [-0.4, -0.2) is 29.8 Å².